The van der Waals surface area contributed by atoms with E-state index in [9.17, 15) is 0 Å². The summed E-state index contributed by atoms with van der Waals surface area (Å²) in [4.78, 5) is 4.55. The van der Waals surface area contributed by atoms with Gasteiger partial charge in [0.15, 0.2) is 12.4 Å². The lowest BCUT2D eigenvalue weighted by molar-refractivity contribution is -0.671. The normalized spacial score (nSPS) is 9.50. The number of aromatic nitrogens is 1. The number of pyridine rings is 1. The second-order valence-electron chi connectivity index (χ2n) is 2.22. The quantitative estimate of drug-likeness (QED) is 0.254. The Morgan fingerprint density at radius 1 is 1.58 bits per heavy atom. The van der Waals surface area contributed by atoms with Crippen molar-refractivity contribution in [3.8, 4) is 0 Å². The molecule has 0 atom stereocenters. The lowest BCUT2D eigenvalue weighted by atomic mass is 10.3. The fraction of sp³-hybridized carbons (Fsp3) is 0.250. The maximum atomic E-state index is 4.55. The number of nitrogens with zero attached hydrogens (tertiary/aromatic N) is 2. The summed E-state index contributed by atoms with van der Waals surface area (Å²) in [6.07, 6.45) is 5.59. The van der Waals surface area contributed by atoms with Crippen LogP contribution in [0.3, 0.4) is 0 Å². The van der Waals surface area contributed by atoms with Crippen molar-refractivity contribution >= 4 is 6.21 Å². The summed E-state index contributed by atoms with van der Waals surface area (Å²) < 4.78 is 1.96. The van der Waals surface area contributed by atoms with E-state index in [1.807, 2.05) is 36.1 Å². The van der Waals surface area contributed by atoms with Gasteiger partial charge in [0.2, 0.25) is 0 Å². The van der Waals surface area contributed by atoms with Gasteiger partial charge in [-0.2, -0.15) is 0 Å². The van der Waals surface area contributed by atoms with Gasteiger partial charge < -0.3 is 28.8 Å². The molecule has 0 bridgehead atoms. The Hall–Kier alpha value is -0.650. The van der Waals surface area contributed by atoms with Gasteiger partial charge in [0.05, 0.1) is 11.8 Å². The first kappa shape index (κ1) is 11.4. The van der Waals surface area contributed by atoms with Gasteiger partial charge in [0.25, 0.3) is 0 Å². The highest BCUT2D eigenvalue weighted by Crippen LogP contribution is 1.88. The third-order valence-electron chi connectivity index (χ3n) is 1.27. The van der Waals surface area contributed by atoms with E-state index in [1.165, 1.54) is 7.11 Å². The van der Waals surface area contributed by atoms with Crippen LogP contribution in [0.25, 0.3) is 0 Å². The molecule has 3 nitrogen and oxygen atoms in total. The smallest absolute Gasteiger partial charge is 0.177 e. The number of oxime groups is 1. The van der Waals surface area contributed by atoms with Crippen LogP contribution in [0, 0.1) is 0 Å². The Labute approximate surface area is 89.1 Å². The Kier molecular flexibility index (Phi) is 5.61. The van der Waals surface area contributed by atoms with E-state index >= 15 is 0 Å². The zero-order valence-electron chi connectivity index (χ0n) is 7.07. The topological polar surface area (TPSA) is 25.5 Å². The highest BCUT2D eigenvalue weighted by Gasteiger charge is 1.92. The largest absolute Gasteiger partial charge is 1.00 e. The molecule has 66 valence electrons. The molecule has 0 fully saturated rings. The van der Waals surface area contributed by atoms with Gasteiger partial charge in [-0.05, 0) is 6.07 Å². The molecule has 0 unspecified atom stereocenters. The first-order valence-electron chi connectivity index (χ1n) is 3.35. The van der Waals surface area contributed by atoms with Crippen molar-refractivity contribution in [2.75, 3.05) is 7.11 Å². The molecule has 0 aliphatic heterocycles. The van der Waals surface area contributed by atoms with Crippen molar-refractivity contribution in [3.63, 3.8) is 0 Å². The van der Waals surface area contributed by atoms with E-state index < -0.39 is 0 Å². The van der Waals surface area contributed by atoms with Gasteiger partial charge in [-0.1, -0.05) is 5.16 Å². The summed E-state index contributed by atoms with van der Waals surface area (Å²) in [6.45, 7) is 0. The Bertz CT molecular complexity index is 263. The first-order valence-corrected chi connectivity index (χ1v) is 3.35. The minimum absolute atomic E-state index is 0. The third-order valence-corrected chi connectivity index (χ3v) is 1.27. The van der Waals surface area contributed by atoms with Gasteiger partial charge >= 0.3 is 0 Å². The van der Waals surface area contributed by atoms with E-state index in [0.717, 1.165) is 5.56 Å². The molecule has 1 heterocycles. The van der Waals surface area contributed by atoms with Gasteiger partial charge in [0, 0.05) is 6.07 Å². The Balaban J connectivity index is 0.00000121. The summed E-state index contributed by atoms with van der Waals surface area (Å²) in [5.41, 5.74) is 1.02. The van der Waals surface area contributed by atoms with E-state index in [-0.39, 0.29) is 24.0 Å². The lowest BCUT2D eigenvalue weighted by Gasteiger charge is -1.88. The molecule has 4 heteroatoms. The lowest BCUT2D eigenvalue weighted by Crippen LogP contribution is -3.00. The molecular formula is C8H11IN2O. The Morgan fingerprint density at radius 2 is 2.33 bits per heavy atom. The number of rotatable bonds is 2. The fourth-order valence-corrected chi connectivity index (χ4v) is 0.801. The molecule has 0 aromatic carbocycles. The summed E-state index contributed by atoms with van der Waals surface area (Å²) in [5, 5.41) is 3.64. The van der Waals surface area contributed by atoms with Gasteiger partial charge in [-0.3, -0.25) is 0 Å². The summed E-state index contributed by atoms with van der Waals surface area (Å²) in [5.74, 6) is 0. The predicted octanol–water partition coefficient (Wildman–Crippen LogP) is -2.50. The molecule has 0 saturated carbocycles. The van der Waals surface area contributed by atoms with Crippen molar-refractivity contribution in [3.05, 3.63) is 30.1 Å². The van der Waals surface area contributed by atoms with E-state index in [0.29, 0.717) is 0 Å². The number of halogens is 1. The van der Waals surface area contributed by atoms with Crippen molar-refractivity contribution in [2.45, 2.75) is 0 Å². The monoisotopic (exact) mass is 278 g/mol. The van der Waals surface area contributed by atoms with Crippen LogP contribution in [0.5, 0.6) is 0 Å². The zero-order valence-corrected chi connectivity index (χ0v) is 9.22. The summed E-state index contributed by atoms with van der Waals surface area (Å²) in [6, 6.07) is 3.92. The number of hydrogen-bond donors (Lipinski definition) is 0. The van der Waals surface area contributed by atoms with Crippen LogP contribution in [0.15, 0.2) is 29.7 Å². The van der Waals surface area contributed by atoms with Crippen LogP contribution in [-0.4, -0.2) is 13.3 Å². The van der Waals surface area contributed by atoms with E-state index in [2.05, 4.69) is 9.99 Å². The molecule has 1 rings (SSSR count). The van der Waals surface area contributed by atoms with E-state index in [1.54, 1.807) is 6.21 Å². The van der Waals surface area contributed by atoms with Gasteiger partial charge in [0.1, 0.15) is 14.2 Å². The maximum Gasteiger partial charge on any atom is 0.177 e. The van der Waals surface area contributed by atoms with Crippen LogP contribution in [0.4, 0.5) is 0 Å². The van der Waals surface area contributed by atoms with Crippen LogP contribution in [-0.2, 0) is 11.9 Å². The molecule has 1 aromatic rings. The molecule has 0 spiro atoms. The highest BCUT2D eigenvalue weighted by molar-refractivity contribution is 5.77. The molecule has 0 aliphatic carbocycles. The van der Waals surface area contributed by atoms with Gasteiger partial charge in [-0.15, -0.1) is 0 Å². The molecule has 12 heavy (non-hydrogen) atoms. The molecule has 0 amide bonds. The van der Waals surface area contributed by atoms with E-state index in [4.69, 9.17) is 0 Å². The molecule has 0 radical (unpaired) electrons. The molecule has 1 aromatic heterocycles. The summed E-state index contributed by atoms with van der Waals surface area (Å²) >= 11 is 0. The maximum absolute atomic E-state index is 4.55. The van der Waals surface area contributed by atoms with Gasteiger partial charge in [-0.25, -0.2) is 4.57 Å². The second kappa shape index (κ2) is 5.93. The number of hydrogen-bond acceptors (Lipinski definition) is 2. The van der Waals surface area contributed by atoms with Crippen molar-refractivity contribution in [2.24, 2.45) is 12.2 Å². The zero-order chi connectivity index (χ0) is 8.10. The highest BCUT2D eigenvalue weighted by atomic mass is 127. The SMILES string of the molecule is CO/N=C/c1ccc[n+](C)c1.[I-]. The molecular weight excluding hydrogens is 267 g/mol. The van der Waals surface area contributed by atoms with Crippen LogP contribution < -0.4 is 28.5 Å². The average Bonchev–Trinajstić information content (AvgIpc) is 2.01. The van der Waals surface area contributed by atoms with Crippen molar-refractivity contribution in [1.29, 1.82) is 0 Å². The summed E-state index contributed by atoms with van der Waals surface area (Å²) in [7, 11) is 3.49. The minimum atomic E-state index is 0. The third kappa shape index (κ3) is 3.66. The van der Waals surface area contributed by atoms with Crippen LogP contribution >= 0.6 is 0 Å². The average molecular weight is 278 g/mol. The molecule has 0 aliphatic rings. The molecule has 0 saturated heterocycles. The fourth-order valence-electron chi connectivity index (χ4n) is 0.801. The minimum Gasteiger partial charge on any atom is -1.00 e. The van der Waals surface area contributed by atoms with Crippen molar-refractivity contribution < 1.29 is 33.4 Å². The Morgan fingerprint density at radius 3 is 2.92 bits per heavy atom. The first-order chi connectivity index (χ1) is 5.33. The van der Waals surface area contributed by atoms with Crippen molar-refractivity contribution in [1.82, 2.24) is 0 Å². The standard InChI is InChI=1S/C8H11N2O.HI/c1-10-5-3-4-8(7-10)6-9-11-2;/h3-7H,1-2H3;1H/q+1;/p-1/b9-6+;. The molecule has 0 N–H and O–H groups in total. The van der Waals surface area contributed by atoms with Crippen LogP contribution in [0.1, 0.15) is 5.56 Å². The predicted molar refractivity (Wildman–Crippen MR) is 42.2 cm³/mol. The number of aryl methyl sites for hydroxylation is 1. The van der Waals surface area contributed by atoms with Crippen LogP contribution in [0.2, 0.25) is 0 Å². The second-order valence-corrected chi connectivity index (χ2v) is 2.22.